The van der Waals surface area contributed by atoms with Gasteiger partial charge in [-0.1, -0.05) is 12.1 Å². The van der Waals surface area contributed by atoms with Gasteiger partial charge in [-0.15, -0.1) is 0 Å². The zero-order chi connectivity index (χ0) is 19.3. The van der Waals surface area contributed by atoms with Crippen LogP contribution in [0.4, 0.5) is 5.69 Å². The number of aromatic nitrogens is 1. The van der Waals surface area contributed by atoms with Gasteiger partial charge >= 0.3 is 0 Å². The summed E-state index contributed by atoms with van der Waals surface area (Å²) in [4.78, 5) is 31.2. The third-order valence-corrected chi connectivity index (χ3v) is 5.09. The molecule has 1 saturated carbocycles. The highest BCUT2D eigenvalue weighted by Crippen LogP contribution is 2.22. The summed E-state index contributed by atoms with van der Waals surface area (Å²) in [5, 5.41) is 9.28. The summed E-state index contributed by atoms with van der Waals surface area (Å²) in [7, 11) is 0. The van der Waals surface area contributed by atoms with Gasteiger partial charge in [0.05, 0.1) is 6.54 Å². The molecule has 1 saturated heterocycles. The van der Waals surface area contributed by atoms with Gasteiger partial charge in [0.25, 0.3) is 5.91 Å². The number of anilines is 1. The highest BCUT2D eigenvalue weighted by Gasteiger charge is 2.26. The Balaban J connectivity index is 1.38. The van der Waals surface area contributed by atoms with Crippen LogP contribution in [0.2, 0.25) is 0 Å². The average molecular weight is 379 g/mol. The fourth-order valence-corrected chi connectivity index (χ4v) is 3.46. The maximum absolute atomic E-state index is 12.6. The Hall–Kier alpha value is -2.77. The molecule has 1 atom stereocenters. The van der Waals surface area contributed by atoms with E-state index >= 15 is 0 Å². The second-order valence-electron chi connectivity index (χ2n) is 7.35. The van der Waals surface area contributed by atoms with E-state index in [-0.39, 0.29) is 17.9 Å². The molecule has 1 aliphatic heterocycles. The van der Waals surface area contributed by atoms with Gasteiger partial charge in [0, 0.05) is 55.4 Å². The smallest absolute Gasteiger partial charge is 0.251 e. The molecule has 146 valence electrons. The van der Waals surface area contributed by atoms with E-state index in [1.165, 1.54) is 0 Å². The summed E-state index contributed by atoms with van der Waals surface area (Å²) in [6, 6.07) is 11.5. The number of carbonyl (C=O) groups is 2. The fraction of sp³-hybridized carbons (Fsp3) is 0.381. The molecule has 1 unspecified atom stereocenters. The van der Waals surface area contributed by atoms with Crippen molar-refractivity contribution in [3.05, 3.63) is 59.9 Å². The lowest BCUT2D eigenvalue weighted by Gasteiger charge is -2.35. The molecule has 3 N–H and O–H groups in total. The first-order valence-electron chi connectivity index (χ1n) is 9.74. The van der Waals surface area contributed by atoms with Gasteiger partial charge in [-0.25, -0.2) is 0 Å². The number of hydrogen-bond donors (Lipinski definition) is 3. The van der Waals surface area contributed by atoms with E-state index in [0.717, 1.165) is 38.0 Å². The summed E-state index contributed by atoms with van der Waals surface area (Å²) in [5.74, 6) is -0.173. The van der Waals surface area contributed by atoms with Crippen molar-refractivity contribution in [1.82, 2.24) is 20.5 Å². The molecule has 2 fully saturated rings. The number of pyridine rings is 1. The van der Waals surface area contributed by atoms with Crippen molar-refractivity contribution in [2.75, 3.05) is 31.5 Å². The summed E-state index contributed by atoms with van der Waals surface area (Å²) >= 11 is 0. The van der Waals surface area contributed by atoms with E-state index in [9.17, 15) is 9.59 Å². The van der Waals surface area contributed by atoms with Crippen LogP contribution in [-0.4, -0.2) is 53.9 Å². The van der Waals surface area contributed by atoms with Gasteiger partial charge in [0.1, 0.15) is 0 Å². The molecular formula is C21H25N5O2. The minimum atomic E-state index is -0.0875. The van der Waals surface area contributed by atoms with Gasteiger partial charge in [-0.05, 0) is 42.7 Å². The van der Waals surface area contributed by atoms with Crippen molar-refractivity contribution in [2.45, 2.75) is 24.9 Å². The van der Waals surface area contributed by atoms with E-state index < -0.39 is 0 Å². The normalized spacial score (nSPS) is 19.8. The molecule has 2 aliphatic rings. The first kappa shape index (κ1) is 18.6. The summed E-state index contributed by atoms with van der Waals surface area (Å²) in [5.41, 5.74) is 2.31. The number of carbonyl (C=O) groups excluding carboxylic acids is 2. The molecule has 1 aromatic carbocycles. The molecule has 2 aromatic rings. The van der Waals surface area contributed by atoms with E-state index in [2.05, 4.69) is 25.8 Å². The second kappa shape index (κ2) is 8.50. The Kier molecular flexibility index (Phi) is 5.64. The number of hydrogen-bond acceptors (Lipinski definition) is 5. The van der Waals surface area contributed by atoms with E-state index in [1.54, 1.807) is 24.4 Å². The molecule has 2 heterocycles. The molecule has 0 spiro atoms. The lowest BCUT2D eigenvalue weighted by Crippen LogP contribution is -2.48. The van der Waals surface area contributed by atoms with Crippen molar-refractivity contribution in [3.63, 3.8) is 0 Å². The Morgan fingerprint density at radius 1 is 1.21 bits per heavy atom. The SMILES string of the molecule is O=C(CN1CCNCC1c1cccnc1)Nc1cccc(C(=O)NC2CC2)c1. The largest absolute Gasteiger partial charge is 0.349 e. The molecule has 0 bridgehead atoms. The zero-order valence-electron chi connectivity index (χ0n) is 15.7. The lowest BCUT2D eigenvalue weighted by atomic mass is 10.1. The molecule has 7 nitrogen and oxygen atoms in total. The standard InChI is InChI=1S/C21H25N5O2/c27-20(14-26-10-9-23-13-19(26)16-4-2-8-22-12-16)24-18-5-1-3-15(11-18)21(28)25-17-6-7-17/h1-5,8,11-12,17,19,23H,6-7,9-10,13-14H2,(H,24,27)(H,25,28). The Morgan fingerprint density at radius 2 is 2.11 bits per heavy atom. The molecule has 28 heavy (non-hydrogen) atoms. The van der Waals surface area contributed by atoms with Crippen molar-refractivity contribution in [3.8, 4) is 0 Å². The highest BCUT2D eigenvalue weighted by molar-refractivity contribution is 5.97. The lowest BCUT2D eigenvalue weighted by molar-refractivity contribution is -0.118. The minimum absolute atomic E-state index is 0.0858. The number of nitrogens with one attached hydrogen (secondary N) is 3. The van der Waals surface area contributed by atoms with Crippen molar-refractivity contribution in [2.24, 2.45) is 0 Å². The maximum Gasteiger partial charge on any atom is 0.251 e. The van der Waals surface area contributed by atoms with E-state index in [1.807, 2.05) is 24.4 Å². The number of nitrogens with zero attached hydrogens (tertiary/aromatic N) is 2. The molecule has 4 rings (SSSR count). The molecule has 0 radical (unpaired) electrons. The number of piperazine rings is 1. The van der Waals surface area contributed by atoms with Crippen LogP contribution in [0.25, 0.3) is 0 Å². The van der Waals surface area contributed by atoms with Crippen LogP contribution in [0.15, 0.2) is 48.8 Å². The first-order chi connectivity index (χ1) is 13.7. The van der Waals surface area contributed by atoms with Crippen LogP contribution in [0.1, 0.15) is 34.8 Å². The fourth-order valence-electron chi connectivity index (χ4n) is 3.46. The van der Waals surface area contributed by atoms with Gasteiger partial charge in [0.15, 0.2) is 0 Å². The summed E-state index contributed by atoms with van der Waals surface area (Å²) < 4.78 is 0. The second-order valence-corrected chi connectivity index (χ2v) is 7.35. The van der Waals surface area contributed by atoms with E-state index in [4.69, 9.17) is 0 Å². The van der Waals surface area contributed by atoms with Crippen LogP contribution in [0.3, 0.4) is 0 Å². The monoisotopic (exact) mass is 379 g/mol. The molecular weight excluding hydrogens is 354 g/mol. The van der Waals surface area contributed by atoms with Crippen LogP contribution >= 0.6 is 0 Å². The van der Waals surface area contributed by atoms with Crippen LogP contribution in [-0.2, 0) is 4.79 Å². The van der Waals surface area contributed by atoms with Gasteiger partial charge in [-0.3, -0.25) is 19.5 Å². The van der Waals surface area contributed by atoms with Gasteiger partial charge in [-0.2, -0.15) is 0 Å². The van der Waals surface area contributed by atoms with Crippen molar-refractivity contribution >= 4 is 17.5 Å². The van der Waals surface area contributed by atoms with Crippen molar-refractivity contribution in [1.29, 1.82) is 0 Å². The average Bonchev–Trinajstić information content (AvgIpc) is 3.53. The van der Waals surface area contributed by atoms with Crippen molar-refractivity contribution < 1.29 is 9.59 Å². The summed E-state index contributed by atoms with van der Waals surface area (Å²) in [6.07, 6.45) is 5.70. The summed E-state index contributed by atoms with van der Waals surface area (Å²) in [6.45, 7) is 2.72. The van der Waals surface area contributed by atoms with Crippen LogP contribution < -0.4 is 16.0 Å². The van der Waals surface area contributed by atoms with Gasteiger partial charge in [0.2, 0.25) is 5.91 Å². The molecule has 1 aromatic heterocycles. The quantitative estimate of drug-likeness (QED) is 0.709. The molecule has 1 aliphatic carbocycles. The van der Waals surface area contributed by atoms with E-state index in [0.29, 0.717) is 23.8 Å². The highest BCUT2D eigenvalue weighted by atomic mass is 16.2. The number of rotatable bonds is 6. The third kappa shape index (κ3) is 4.74. The Bertz CT molecular complexity index is 838. The maximum atomic E-state index is 12.6. The predicted molar refractivity (Wildman–Crippen MR) is 107 cm³/mol. The first-order valence-corrected chi connectivity index (χ1v) is 9.74. The number of benzene rings is 1. The third-order valence-electron chi connectivity index (χ3n) is 5.09. The predicted octanol–water partition coefficient (Wildman–Crippen LogP) is 1.56. The Morgan fingerprint density at radius 3 is 2.89 bits per heavy atom. The topological polar surface area (TPSA) is 86.4 Å². The number of amides is 2. The molecule has 7 heteroatoms. The van der Waals surface area contributed by atoms with Crippen LogP contribution in [0, 0.1) is 0 Å². The Labute approximate surface area is 164 Å². The minimum Gasteiger partial charge on any atom is -0.349 e. The van der Waals surface area contributed by atoms with Crippen LogP contribution in [0.5, 0.6) is 0 Å². The molecule has 2 amide bonds. The zero-order valence-corrected chi connectivity index (χ0v) is 15.7. The van der Waals surface area contributed by atoms with Gasteiger partial charge < -0.3 is 16.0 Å².